The highest BCUT2D eigenvalue weighted by molar-refractivity contribution is 5.35. The molecular weight excluding hydrogens is 251 g/mol. The molecule has 0 aromatic heterocycles. The summed E-state index contributed by atoms with van der Waals surface area (Å²) in [5, 5.41) is 10.5. The molecule has 0 bridgehead atoms. The highest BCUT2D eigenvalue weighted by atomic mass is 19.1. The third-order valence-corrected chi connectivity index (χ3v) is 3.12. The Morgan fingerprint density at radius 1 is 1.53 bits per heavy atom. The molecule has 1 heterocycles. The van der Waals surface area contributed by atoms with Crippen LogP contribution >= 0.6 is 0 Å². The van der Waals surface area contributed by atoms with Crippen molar-refractivity contribution in [2.24, 2.45) is 0 Å². The van der Waals surface area contributed by atoms with Crippen LogP contribution in [0.3, 0.4) is 0 Å². The van der Waals surface area contributed by atoms with Crippen LogP contribution in [0.2, 0.25) is 0 Å². The highest BCUT2D eigenvalue weighted by Crippen LogP contribution is 2.21. The fourth-order valence-corrected chi connectivity index (χ4v) is 2.30. The van der Waals surface area contributed by atoms with Gasteiger partial charge in [-0.3, -0.25) is 15.0 Å². The number of halogens is 1. The van der Waals surface area contributed by atoms with Crippen LogP contribution in [-0.4, -0.2) is 35.1 Å². The average molecular weight is 268 g/mol. The maximum Gasteiger partial charge on any atom is 0.304 e. The molecule has 104 valence electrons. The predicted molar refractivity (Wildman–Crippen MR) is 68.4 cm³/mol. The second-order valence-corrected chi connectivity index (χ2v) is 5.36. The molecule has 6 heteroatoms. The zero-order valence-electron chi connectivity index (χ0n) is 11.1. The van der Waals surface area contributed by atoms with Gasteiger partial charge in [0.25, 0.3) is 0 Å². The fourth-order valence-electron chi connectivity index (χ4n) is 2.30. The number of benzene rings is 1. The minimum Gasteiger partial charge on any atom is -0.373 e. The van der Waals surface area contributed by atoms with Gasteiger partial charge in [0.15, 0.2) is 0 Å². The van der Waals surface area contributed by atoms with Gasteiger partial charge in [0.1, 0.15) is 0 Å². The van der Waals surface area contributed by atoms with Crippen molar-refractivity contribution in [1.29, 1.82) is 0 Å². The molecule has 0 spiro atoms. The molecule has 19 heavy (non-hydrogen) atoms. The number of rotatable bonds is 3. The minimum atomic E-state index is -0.782. The van der Waals surface area contributed by atoms with Gasteiger partial charge in [-0.25, -0.2) is 0 Å². The van der Waals surface area contributed by atoms with E-state index in [1.807, 2.05) is 13.8 Å². The first-order chi connectivity index (χ1) is 8.87. The lowest BCUT2D eigenvalue weighted by atomic mass is 10.1. The quantitative estimate of drug-likeness (QED) is 0.623. The number of morpholine rings is 1. The molecule has 0 atom stereocenters. The Bertz CT molecular complexity index is 491. The molecular formula is C13H17FN2O3. The second-order valence-electron chi connectivity index (χ2n) is 5.36. The normalized spacial score (nSPS) is 19.3. The molecule has 0 amide bonds. The summed E-state index contributed by atoms with van der Waals surface area (Å²) in [6.07, 6.45) is 0. The van der Waals surface area contributed by atoms with E-state index in [0.29, 0.717) is 13.2 Å². The third kappa shape index (κ3) is 3.48. The standard InChI is InChI=1S/C13H17FN2O3/c1-13(2)9-15(5-6-19-13)8-10-3-4-12(16(17)18)11(14)7-10/h3-4,7H,5-6,8-9H2,1-2H3. The van der Waals surface area contributed by atoms with Crippen LogP contribution in [0.25, 0.3) is 0 Å². The van der Waals surface area contributed by atoms with Gasteiger partial charge in [0.2, 0.25) is 5.82 Å². The average Bonchev–Trinajstić information content (AvgIpc) is 2.27. The van der Waals surface area contributed by atoms with E-state index in [0.717, 1.165) is 18.7 Å². The fraction of sp³-hybridized carbons (Fsp3) is 0.538. The zero-order valence-corrected chi connectivity index (χ0v) is 11.1. The van der Waals surface area contributed by atoms with E-state index in [4.69, 9.17) is 4.74 Å². The van der Waals surface area contributed by atoms with Crippen molar-refractivity contribution in [1.82, 2.24) is 4.90 Å². The van der Waals surface area contributed by atoms with Gasteiger partial charge in [0, 0.05) is 25.7 Å². The molecule has 0 N–H and O–H groups in total. The Balaban J connectivity index is 2.07. The zero-order chi connectivity index (χ0) is 14.0. The summed E-state index contributed by atoms with van der Waals surface area (Å²) >= 11 is 0. The maximum atomic E-state index is 13.5. The number of ether oxygens (including phenoxy) is 1. The van der Waals surface area contributed by atoms with Crippen LogP contribution in [0.5, 0.6) is 0 Å². The van der Waals surface area contributed by atoms with Gasteiger partial charge < -0.3 is 4.74 Å². The Morgan fingerprint density at radius 2 is 2.26 bits per heavy atom. The summed E-state index contributed by atoms with van der Waals surface area (Å²) in [5.74, 6) is -0.782. The Labute approximate surface area is 111 Å². The van der Waals surface area contributed by atoms with Crippen molar-refractivity contribution < 1.29 is 14.1 Å². The molecule has 2 rings (SSSR count). The molecule has 1 fully saturated rings. The Kier molecular flexibility index (Phi) is 3.82. The number of nitro benzene ring substituents is 1. The predicted octanol–water partition coefficient (Wildman–Crippen LogP) is 2.34. The first kappa shape index (κ1) is 13.9. The molecule has 5 nitrogen and oxygen atoms in total. The molecule has 1 aliphatic rings. The van der Waals surface area contributed by atoms with Gasteiger partial charge in [-0.15, -0.1) is 0 Å². The van der Waals surface area contributed by atoms with Crippen LogP contribution in [-0.2, 0) is 11.3 Å². The van der Waals surface area contributed by atoms with Crippen molar-refractivity contribution in [2.75, 3.05) is 19.7 Å². The first-order valence-corrected chi connectivity index (χ1v) is 6.16. The van der Waals surface area contributed by atoms with Crippen LogP contribution in [0.1, 0.15) is 19.4 Å². The molecule has 0 radical (unpaired) electrons. The topological polar surface area (TPSA) is 55.6 Å². The molecule has 1 aromatic carbocycles. The molecule has 0 unspecified atom stereocenters. The van der Waals surface area contributed by atoms with Gasteiger partial charge >= 0.3 is 5.69 Å². The maximum absolute atomic E-state index is 13.5. The summed E-state index contributed by atoms with van der Waals surface area (Å²) in [6, 6.07) is 4.06. The van der Waals surface area contributed by atoms with Crippen molar-refractivity contribution in [2.45, 2.75) is 26.0 Å². The molecule has 0 saturated carbocycles. The van der Waals surface area contributed by atoms with Crippen molar-refractivity contribution in [3.63, 3.8) is 0 Å². The van der Waals surface area contributed by atoms with E-state index in [2.05, 4.69) is 4.90 Å². The number of nitro groups is 1. The minimum absolute atomic E-state index is 0.211. The summed E-state index contributed by atoms with van der Waals surface area (Å²) < 4.78 is 19.1. The molecule has 1 saturated heterocycles. The second kappa shape index (κ2) is 5.22. The number of hydrogen-bond donors (Lipinski definition) is 0. The lowest BCUT2D eigenvalue weighted by Gasteiger charge is -2.38. The number of nitrogens with zero attached hydrogens (tertiary/aromatic N) is 2. The van der Waals surface area contributed by atoms with Gasteiger partial charge in [0.05, 0.1) is 17.1 Å². The SMILES string of the molecule is CC1(C)CN(Cc2ccc([N+](=O)[O-])c(F)c2)CCO1. The summed E-state index contributed by atoms with van der Waals surface area (Å²) in [6.45, 7) is 6.77. The van der Waals surface area contributed by atoms with Crippen molar-refractivity contribution in [3.8, 4) is 0 Å². The van der Waals surface area contributed by atoms with Gasteiger partial charge in [-0.05, 0) is 25.5 Å². The highest BCUT2D eigenvalue weighted by Gasteiger charge is 2.27. The Hall–Kier alpha value is -1.53. The monoisotopic (exact) mass is 268 g/mol. The van der Waals surface area contributed by atoms with Gasteiger partial charge in [-0.1, -0.05) is 6.07 Å². The van der Waals surface area contributed by atoms with E-state index >= 15 is 0 Å². The van der Waals surface area contributed by atoms with E-state index in [1.54, 1.807) is 6.07 Å². The Morgan fingerprint density at radius 3 is 2.84 bits per heavy atom. The molecule has 1 aromatic rings. The molecule has 0 aliphatic carbocycles. The van der Waals surface area contributed by atoms with E-state index < -0.39 is 16.4 Å². The lowest BCUT2D eigenvalue weighted by molar-refractivity contribution is -0.387. The largest absolute Gasteiger partial charge is 0.373 e. The summed E-state index contributed by atoms with van der Waals surface area (Å²) in [7, 11) is 0. The van der Waals surface area contributed by atoms with Crippen LogP contribution in [0.4, 0.5) is 10.1 Å². The summed E-state index contributed by atoms with van der Waals surface area (Å²) in [5.41, 5.74) is 0.0456. The van der Waals surface area contributed by atoms with E-state index in [-0.39, 0.29) is 5.60 Å². The van der Waals surface area contributed by atoms with E-state index in [1.165, 1.54) is 12.1 Å². The molecule has 1 aliphatic heterocycles. The van der Waals surface area contributed by atoms with Crippen LogP contribution < -0.4 is 0 Å². The summed E-state index contributed by atoms with van der Waals surface area (Å²) in [4.78, 5) is 12.0. The van der Waals surface area contributed by atoms with Crippen molar-refractivity contribution in [3.05, 3.63) is 39.7 Å². The first-order valence-electron chi connectivity index (χ1n) is 6.16. The van der Waals surface area contributed by atoms with Crippen molar-refractivity contribution >= 4 is 5.69 Å². The van der Waals surface area contributed by atoms with Crippen LogP contribution in [0.15, 0.2) is 18.2 Å². The van der Waals surface area contributed by atoms with E-state index in [9.17, 15) is 14.5 Å². The van der Waals surface area contributed by atoms with Crippen LogP contribution in [0, 0.1) is 15.9 Å². The third-order valence-electron chi connectivity index (χ3n) is 3.12. The lowest BCUT2D eigenvalue weighted by Crippen LogP contribution is -2.47. The smallest absolute Gasteiger partial charge is 0.304 e. The number of hydrogen-bond acceptors (Lipinski definition) is 4. The van der Waals surface area contributed by atoms with Gasteiger partial charge in [-0.2, -0.15) is 4.39 Å².